The highest BCUT2D eigenvalue weighted by Gasteiger charge is 2.18. The molecular formula is C16H21N3O2. The molecule has 112 valence electrons. The van der Waals surface area contributed by atoms with Crippen LogP contribution >= 0.6 is 0 Å². The average Bonchev–Trinajstić information content (AvgIpc) is 2.97. The van der Waals surface area contributed by atoms with Gasteiger partial charge in [0, 0.05) is 12.0 Å². The van der Waals surface area contributed by atoms with Crippen molar-refractivity contribution in [3.05, 3.63) is 29.7 Å². The van der Waals surface area contributed by atoms with Crippen LogP contribution in [0.25, 0.3) is 11.4 Å². The minimum absolute atomic E-state index is 0.602. The van der Waals surface area contributed by atoms with Gasteiger partial charge in [-0.15, -0.1) is 0 Å². The van der Waals surface area contributed by atoms with Gasteiger partial charge in [-0.25, -0.2) is 0 Å². The Labute approximate surface area is 124 Å². The molecule has 5 heteroatoms. The van der Waals surface area contributed by atoms with Crippen molar-refractivity contribution in [2.75, 3.05) is 20.2 Å². The molecule has 21 heavy (non-hydrogen) atoms. The van der Waals surface area contributed by atoms with Crippen molar-refractivity contribution >= 4 is 0 Å². The lowest BCUT2D eigenvalue weighted by Crippen LogP contribution is -2.30. The Morgan fingerprint density at radius 3 is 3.05 bits per heavy atom. The van der Waals surface area contributed by atoms with Crippen LogP contribution < -0.4 is 10.1 Å². The molecule has 1 N–H and O–H groups in total. The van der Waals surface area contributed by atoms with E-state index in [0.717, 1.165) is 42.3 Å². The number of ether oxygens (including phenoxy) is 1. The van der Waals surface area contributed by atoms with Crippen molar-refractivity contribution in [1.29, 1.82) is 0 Å². The number of rotatable bonds is 4. The number of nitrogens with zero attached hydrogens (tertiary/aromatic N) is 2. The van der Waals surface area contributed by atoms with Crippen molar-refractivity contribution < 1.29 is 9.26 Å². The van der Waals surface area contributed by atoms with E-state index in [4.69, 9.17) is 9.26 Å². The number of methoxy groups -OCH3 is 1. The maximum absolute atomic E-state index is 5.40. The minimum Gasteiger partial charge on any atom is -0.496 e. The van der Waals surface area contributed by atoms with Crippen molar-refractivity contribution in [3.8, 4) is 17.1 Å². The topological polar surface area (TPSA) is 60.2 Å². The zero-order valence-electron chi connectivity index (χ0n) is 12.6. The molecular weight excluding hydrogens is 266 g/mol. The maximum Gasteiger partial charge on any atom is 0.227 e. The summed E-state index contributed by atoms with van der Waals surface area (Å²) >= 11 is 0. The summed E-state index contributed by atoms with van der Waals surface area (Å²) in [6.45, 7) is 4.17. The highest BCUT2D eigenvalue weighted by molar-refractivity contribution is 5.58. The molecule has 1 atom stereocenters. The largest absolute Gasteiger partial charge is 0.496 e. The van der Waals surface area contributed by atoms with Gasteiger partial charge < -0.3 is 14.6 Å². The van der Waals surface area contributed by atoms with E-state index >= 15 is 0 Å². The van der Waals surface area contributed by atoms with E-state index in [-0.39, 0.29) is 0 Å². The van der Waals surface area contributed by atoms with Crippen molar-refractivity contribution in [2.45, 2.75) is 26.2 Å². The summed E-state index contributed by atoms with van der Waals surface area (Å²) in [5.74, 6) is 2.85. The zero-order valence-corrected chi connectivity index (χ0v) is 12.6. The van der Waals surface area contributed by atoms with E-state index in [1.807, 2.05) is 25.1 Å². The molecule has 1 saturated heterocycles. The molecule has 2 heterocycles. The third-order valence-electron chi connectivity index (χ3n) is 3.98. The summed E-state index contributed by atoms with van der Waals surface area (Å²) < 4.78 is 10.7. The molecule has 1 aliphatic heterocycles. The second kappa shape index (κ2) is 6.26. The smallest absolute Gasteiger partial charge is 0.227 e. The van der Waals surface area contributed by atoms with Gasteiger partial charge in [-0.3, -0.25) is 0 Å². The molecule has 2 aromatic rings. The molecule has 1 fully saturated rings. The summed E-state index contributed by atoms with van der Waals surface area (Å²) in [7, 11) is 1.67. The van der Waals surface area contributed by atoms with Crippen LogP contribution in [0.15, 0.2) is 22.7 Å². The summed E-state index contributed by atoms with van der Waals surface area (Å²) in [5, 5.41) is 7.51. The maximum atomic E-state index is 5.40. The van der Waals surface area contributed by atoms with Crippen LogP contribution in [-0.4, -0.2) is 30.3 Å². The van der Waals surface area contributed by atoms with Gasteiger partial charge in [0.2, 0.25) is 11.7 Å². The third-order valence-corrected chi connectivity index (χ3v) is 3.98. The Morgan fingerprint density at radius 2 is 2.33 bits per heavy atom. The van der Waals surface area contributed by atoms with Crippen LogP contribution in [0, 0.1) is 12.8 Å². The van der Waals surface area contributed by atoms with Crippen molar-refractivity contribution in [1.82, 2.24) is 15.5 Å². The molecule has 0 aliphatic carbocycles. The lowest BCUT2D eigenvalue weighted by atomic mass is 9.96. The molecule has 0 radical (unpaired) electrons. The summed E-state index contributed by atoms with van der Waals surface area (Å²) in [6, 6.07) is 5.92. The molecule has 0 saturated carbocycles. The second-order valence-electron chi connectivity index (χ2n) is 5.61. The molecule has 1 aromatic carbocycles. The number of aryl methyl sites for hydroxylation is 1. The van der Waals surface area contributed by atoms with E-state index in [1.54, 1.807) is 7.11 Å². The van der Waals surface area contributed by atoms with Crippen LogP contribution in [0.1, 0.15) is 24.3 Å². The van der Waals surface area contributed by atoms with Crippen LogP contribution in [0.4, 0.5) is 0 Å². The first kappa shape index (κ1) is 14.1. The van der Waals surface area contributed by atoms with Crippen LogP contribution in [-0.2, 0) is 6.42 Å². The van der Waals surface area contributed by atoms with Gasteiger partial charge in [0.05, 0.1) is 7.11 Å². The van der Waals surface area contributed by atoms with Gasteiger partial charge in [-0.05, 0) is 62.5 Å². The molecule has 0 bridgehead atoms. The second-order valence-corrected chi connectivity index (χ2v) is 5.61. The number of hydrogen-bond donors (Lipinski definition) is 1. The first-order chi connectivity index (χ1) is 10.3. The number of aromatic nitrogens is 2. The van der Waals surface area contributed by atoms with Crippen LogP contribution in [0.5, 0.6) is 5.75 Å². The quantitative estimate of drug-likeness (QED) is 0.936. The van der Waals surface area contributed by atoms with Crippen LogP contribution in [0.3, 0.4) is 0 Å². The lowest BCUT2D eigenvalue weighted by molar-refractivity contribution is 0.316. The van der Waals surface area contributed by atoms with Crippen LogP contribution in [0.2, 0.25) is 0 Å². The number of hydrogen-bond acceptors (Lipinski definition) is 5. The zero-order chi connectivity index (χ0) is 14.7. The first-order valence-corrected chi connectivity index (χ1v) is 7.44. The molecule has 3 rings (SSSR count). The van der Waals surface area contributed by atoms with Gasteiger partial charge in [-0.1, -0.05) is 5.16 Å². The molecule has 1 aliphatic rings. The average molecular weight is 287 g/mol. The molecule has 1 unspecified atom stereocenters. The van der Waals surface area contributed by atoms with E-state index < -0.39 is 0 Å². The molecule has 1 aromatic heterocycles. The fraction of sp³-hybridized carbons (Fsp3) is 0.500. The minimum atomic E-state index is 0.602. The molecule has 0 spiro atoms. The van der Waals surface area contributed by atoms with Gasteiger partial charge >= 0.3 is 0 Å². The van der Waals surface area contributed by atoms with Gasteiger partial charge in [-0.2, -0.15) is 4.98 Å². The first-order valence-electron chi connectivity index (χ1n) is 7.44. The molecule has 5 nitrogen and oxygen atoms in total. The Balaban J connectivity index is 1.73. The Kier molecular flexibility index (Phi) is 4.20. The number of benzene rings is 1. The monoisotopic (exact) mass is 287 g/mol. The summed E-state index contributed by atoms with van der Waals surface area (Å²) in [4.78, 5) is 4.52. The van der Waals surface area contributed by atoms with E-state index in [2.05, 4.69) is 15.5 Å². The fourth-order valence-electron chi connectivity index (χ4n) is 2.82. The van der Waals surface area contributed by atoms with Crippen molar-refractivity contribution in [3.63, 3.8) is 0 Å². The normalized spacial score (nSPS) is 18.7. The van der Waals surface area contributed by atoms with E-state index in [1.165, 1.54) is 12.8 Å². The number of nitrogens with one attached hydrogen (secondary N) is 1. The van der Waals surface area contributed by atoms with Gasteiger partial charge in [0.25, 0.3) is 0 Å². The molecule has 0 amide bonds. The van der Waals surface area contributed by atoms with Gasteiger partial charge in [0.15, 0.2) is 0 Å². The third kappa shape index (κ3) is 3.24. The standard InChI is InChI=1S/C16H21N3O2/c1-11-8-13(5-6-14(11)20-2)16-18-15(21-19-16)9-12-4-3-7-17-10-12/h5-6,8,12,17H,3-4,7,9-10H2,1-2H3. The van der Waals surface area contributed by atoms with Crippen molar-refractivity contribution in [2.24, 2.45) is 5.92 Å². The van der Waals surface area contributed by atoms with E-state index in [9.17, 15) is 0 Å². The fourth-order valence-corrected chi connectivity index (χ4v) is 2.82. The predicted molar refractivity (Wildman–Crippen MR) is 80.3 cm³/mol. The summed E-state index contributed by atoms with van der Waals surface area (Å²) in [6.07, 6.45) is 3.31. The Morgan fingerprint density at radius 1 is 1.43 bits per heavy atom. The lowest BCUT2D eigenvalue weighted by Gasteiger charge is -2.20. The van der Waals surface area contributed by atoms with E-state index in [0.29, 0.717) is 11.7 Å². The Hall–Kier alpha value is -1.88. The highest BCUT2D eigenvalue weighted by atomic mass is 16.5. The van der Waals surface area contributed by atoms with Gasteiger partial charge in [0.1, 0.15) is 5.75 Å². The highest BCUT2D eigenvalue weighted by Crippen LogP contribution is 2.25. The predicted octanol–water partition coefficient (Wildman–Crippen LogP) is 2.60. The number of piperidine rings is 1. The Bertz CT molecular complexity index is 603. The summed E-state index contributed by atoms with van der Waals surface area (Å²) in [5.41, 5.74) is 2.03. The SMILES string of the molecule is COc1ccc(-c2noc(CC3CCCNC3)n2)cc1C.